The van der Waals surface area contributed by atoms with E-state index in [1.165, 1.54) is 0 Å². The van der Waals surface area contributed by atoms with E-state index in [0.29, 0.717) is 23.9 Å². The van der Waals surface area contributed by atoms with Crippen LogP contribution in [0.4, 0.5) is 0 Å². The Labute approximate surface area is 109 Å². The Morgan fingerprint density at radius 2 is 2.06 bits per heavy atom. The Hall–Kier alpha value is -1.16. The van der Waals surface area contributed by atoms with Gasteiger partial charge in [0.05, 0.1) is 17.5 Å². The van der Waals surface area contributed by atoms with Gasteiger partial charge in [-0.2, -0.15) is 0 Å². The first-order valence-electron chi connectivity index (χ1n) is 5.43. The molecule has 1 aromatic carbocycles. The number of carbonyl (C=O) groups is 2. The molecular weight excluding hydrogens is 284 g/mol. The number of halogens is 1. The van der Waals surface area contributed by atoms with E-state index in [-0.39, 0.29) is 11.8 Å². The second-order valence-corrected chi connectivity index (χ2v) is 4.22. The van der Waals surface area contributed by atoms with Gasteiger partial charge < -0.3 is 4.74 Å². The van der Waals surface area contributed by atoms with Gasteiger partial charge in [-0.05, 0) is 31.0 Å². The number of ketones is 1. The van der Waals surface area contributed by atoms with Crippen molar-refractivity contribution in [3.63, 3.8) is 0 Å². The number of Topliss-reactive ketones (excluding diaryl/α,β-unsaturated/α-hetero) is 1. The summed E-state index contributed by atoms with van der Waals surface area (Å²) in [5.41, 5.74) is 2.23. The Morgan fingerprint density at radius 1 is 1.35 bits per heavy atom. The lowest BCUT2D eigenvalue weighted by Crippen LogP contribution is -2.10. The van der Waals surface area contributed by atoms with E-state index in [0.717, 1.165) is 11.1 Å². The maximum absolute atomic E-state index is 11.7. The molecule has 3 nitrogen and oxygen atoms in total. The largest absolute Gasteiger partial charge is 0.462 e. The molecule has 0 aliphatic carbocycles. The molecule has 0 bridgehead atoms. The summed E-state index contributed by atoms with van der Waals surface area (Å²) in [7, 11) is 0. The van der Waals surface area contributed by atoms with E-state index in [1.807, 2.05) is 13.0 Å². The fourth-order valence-electron chi connectivity index (χ4n) is 1.56. The smallest absolute Gasteiger partial charge is 0.338 e. The highest BCUT2D eigenvalue weighted by Crippen LogP contribution is 2.16. The van der Waals surface area contributed by atoms with Crippen molar-refractivity contribution in [1.82, 2.24) is 0 Å². The Balaban J connectivity index is 2.98. The van der Waals surface area contributed by atoms with Crippen LogP contribution in [-0.2, 0) is 16.0 Å². The molecule has 0 spiro atoms. The van der Waals surface area contributed by atoms with Crippen molar-refractivity contribution in [3.05, 3.63) is 34.9 Å². The highest BCUT2D eigenvalue weighted by atomic mass is 79.9. The predicted molar refractivity (Wildman–Crippen MR) is 69.6 cm³/mol. The molecule has 0 heterocycles. The lowest BCUT2D eigenvalue weighted by atomic mass is 9.99. The number of alkyl halides is 1. The van der Waals surface area contributed by atoms with E-state index in [2.05, 4.69) is 15.9 Å². The number of benzene rings is 1. The number of rotatable bonds is 5. The molecule has 0 aliphatic rings. The van der Waals surface area contributed by atoms with Crippen LogP contribution in [0, 0.1) is 6.92 Å². The molecule has 0 radical (unpaired) electrons. The molecule has 92 valence electrons. The highest BCUT2D eigenvalue weighted by Gasteiger charge is 2.13. The normalized spacial score (nSPS) is 10.1. The van der Waals surface area contributed by atoms with Gasteiger partial charge in [0, 0.05) is 6.42 Å². The van der Waals surface area contributed by atoms with Crippen LogP contribution < -0.4 is 0 Å². The van der Waals surface area contributed by atoms with Crippen LogP contribution in [0.5, 0.6) is 0 Å². The van der Waals surface area contributed by atoms with Gasteiger partial charge in [0.2, 0.25) is 0 Å². The Kier molecular flexibility index (Phi) is 5.35. The van der Waals surface area contributed by atoms with Gasteiger partial charge in [-0.25, -0.2) is 4.79 Å². The lowest BCUT2D eigenvalue weighted by molar-refractivity contribution is -0.115. The average Bonchev–Trinajstić information content (AvgIpc) is 2.32. The van der Waals surface area contributed by atoms with Gasteiger partial charge in [-0.15, -0.1) is 0 Å². The molecule has 4 heteroatoms. The quantitative estimate of drug-likeness (QED) is 0.620. The maximum Gasteiger partial charge on any atom is 0.338 e. The van der Waals surface area contributed by atoms with Gasteiger partial charge in [0.25, 0.3) is 0 Å². The number of ether oxygens (including phenoxy) is 1. The molecule has 17 heavy (non-hydrogen) atoms. The van der Waals surface area contributed by atoms with Crippen LogP contribution in [0.1, 0.15) is 28.4 Å². The fraction of sp³-hybridized carbons (Fsp3) is 0.385. The molecule has 1 rings (SSSR count). The Morgan fingerprint density at radius 3 is 2.65 bits per heavy atom. The molecule has 0 aliphatic heterocycles. The van der Waals surface area contributed by atoms with Crippen molar-refractivity contribution in [3.8, 4) is 0 Å². The molecule has 0 amide bonds. The van der Waals surface area contributed by atoms with E-state index >= 15 is 0 Å². The van der Waals surface area contributed by atoms with E-state index in [9.17, 15) is 9.59 Å². The first-order chi connectivity index (χ1) is 8.10. The molecule has 0 saturated heterocycles. The predicted octanol–water partition coefficient (Wildman–Crippen LogP) is 2.68. The third-order valence-electron chi connectivity index (χ3n) is 2.48. The first kappa shape index (κ1) is 13.9. The standard InChI is InChI=1S/C13H15BrO3/c1-3-17-13(16)12-6-4-5-10(9(12)2)7-11(15)8-14/h4-6H,3,7-8H2,1-2H3. The van der Waals surface area contributed by atoms with Crippen molar-refractivity contribution < 1.29 is 14.3 Å². The minimum atomic E-state index is -0.335. The van der Waals surface area contributed by atoms with Crippen molar-refractivity contribution in [1.29, 1.82) is 0 Å². The summed E-state index contributed by atoms with van der Waals surface area (Å²) in [6.45, 7) is 3.96. The van der Waals surface area contributed by atoms with E-state index in [1.54, 1.807) is 19.1 Å². The van der Waals surface area contributed by atoms with Crippen molar-refractivity contribution >= 4 is 27.7 Å². The summed E-state index contributed by atoms with van der Waals surface area (Å²) in [4.78, 5) is 23.0. The number of hydrogen-bond acceptors (Lipinski definition) is 3. The molecule has 0 fully saturated rings. The van der Waals surface area contributed by atoms with E-state index < -0.39 is 0 Å². The van der Waals surface area contributed by atoms with Crippen molar-refractivity contribution in [2.75, 3.05) is 11.9 Å². The topological polar surface area (TPSA) is 43.4 Å². The summed E-state index contributed by atoms with van der Waals surface area (Å²) in [6, 6.07) is 5.35. The average molecular weight is 299 g/mol. The fourth-order valence-corrected chi connectivity index (χ4v) is 1.76. The molecule has 0 N–H and O–H groups in total. The van der Waals surface area contributed by atoms with Gasteiger partial charge >= 0.3 is 5.97 Å². The minimum Gasteiger partial charge on any atom is -0.462 e. The van der Waals surface area contributed by atoms with Crippen molar-refractivity contribution in [2.24, 2.45) is 0 Å². The van der Waals surface area contributed by atoms with Gasteiger partial charge in [0.15, 0.2) is 0 Å². The second-order valence-electron chi connectivity index (χ2n) is 3.66. The third kappa shape index (κ3) is 3.66. The van der Waals surface area contributed by atoms with Gasteiger partial charge in [-0.1, -0.05) is 28.1 Å². The zero-order chi connectivity index (χ0) is 12.8. The van der Waals surface area contributed by atoms with Crippen LogP contribution in [0.25, 0.3) is 0 Å². The van der Waals surface area contributed by atoms with Crippen molar-refractivity contribution in [2.45, 2.75) is 20.3 Å². The van der Waals surface area contributed by atoms with Crippen LogP contribution in [0.15, 0.2) is 18.2 Å². The maximum atomic E-state index is 11.7. The SMILES string of the molecule is CCOC(=O)c1cccc(CC(=O)CBr)c1C. The zero-order valence-corrected chi connectivity index (χ0v) is 11.5. The molecule has 0 aromatic heterocycles. The summed E-state index contributed by atoms with van der Waals surface area (Å²) >= 11 is 3.13. The van der Waals surface area contributed by atoms with Gasteiger partial charge in [0.1, 0.15) is 5.78 Å². The zero-order valence-electron chi connectivity index (χ0n) is 9.96. The van der Waals surface area contributed by atoms with Crippen LogP contribution in [0.2, 0.25) is 0 Å². The van der Waals surface area contributed by atoms with Crippen LogP contribution in [0.3, 0.4) is 0 Å². The number of esters is 1. The number of hydrogen-bond donors (Lipinski definition) is 0. The minimum absolute atomic E-state index is 0.0918. The summed E-state index contributed by atoms with van der Waals surface area (Å²) in [5.74, 6) is -0.243. The summed E-state index contributed by atoms with van der Waals surface area (Å²) in [5, 5.41) is 0.329. The van der Waals surface area contributed by atoms with Crippen LogP contribution >= 0.6 is 15.9 Å². The van der Waals surface area contributed by atoms with Crippen LogP contribution in [-0.4, -0.2) is 23.7 Å². The third-order valence-corrected chi connectivity index (χ3v) is 3.10. The molecule has 0 saturated carbocycles. The molecule has 1 aromatic rings. The highest BCUT2D eigenvalue weighted by molar-refractivity contribution is 9.09. The Bertz CT molecular complexity index is 427. The van der Waals surface area contributed by atoms with Gasteiger partial charge in [-0.3, -0.25) is 4.79 Å². The summed E-state index contributed by atoms with van der Waals surface area (Å²) < 4.78 is 4.96. The molecule has 0 unspecified atom stereocenters. The summed E-state index contributed by atoms with van der Waals surface area (Å²) in [6.07, 6.45) is 0.338. The molecular formula is C13H15BrO3. The first-order valence-corrected chi connectivity index (χ1v) is 6.55. The van der Waals surface area contributed by atoms with E-state index in [4.69, 9.17) is 4.74 Å². The number of carbonyl (C=O) groups excluding carboxylic acids is 2. The monoisotopic (exact) mass is 298 g/mol. The molecule has 0 atom stereocenters. The lowest BCUT2D eigenvalue weighted by Gasteiger charge is -2.09. The second kappa shape index (κ2) is 6.55.